The van der Waals surface area contributed by atoms with Gasteiger partial charge in [-0.05, 0) is 36.6 Å². The van der Waals surface area contributed by atoms with Crippen molar-refractivity contribution in [2.75, 3.05) is 18.5 Å². The van der Waals surface area contributed by atoms with Gasteiger partial charge in [-0.3, -0.25) is 4.79 Å². The summed E-state index contributed by atoms with van der Waals surface area (Å²) in [6, 6.07) is 4.98. The zero-order chi connectivity index (χ0) is 15.4. The molecule has 5 heteroatoms. The maximum atomic E-state index is 13.6. The van der Waals surface area contributed by atoms with Crippen LogP contribution in [0.2, 0.25) is 0 Å². The smallest absolute Gasteiger partial charge is 0.242 e. The molecule has 1 amide bonds. The van der Waals surface area contributed by atoms with Crippen molar-refractivity contribution in [1.29, 1.82) is 0 Å². The minimum atomic E-state index is -0.241. The molecule has 2 N–H and O–H groups in total. The Balaban J connectivity index is 2.27. The molecule has 0 bridgehead atoms. The molecule has 1 saturated heterocycles. The van der Waals surface area contributed by atoms with E-state index < -0.39 is 0 Å². The summed E-state index contributed by atoms with van der Waals surface area (Å²) in [6.45, 7) is 5.55. The summed E-state index contributed by atoms with van der Waals surface area (Å²) in [5.41, 5.74) is 1.86. The van der Waals surface area contributed by atoms with Gasteiger partial charge >= 0.3 is 0 Å². The Morgan fingerprint density at radius 3 is 2.90 bits per heavy atom. The van der Waals surface area contributed by atoms with Gasteiger partial charge in [-0.25, -0.2) is 4.39 Å². The molecule has 0 aliphatic carbocycles. The number of nitrogens with one attached hydrogen (secondary N) is 2. The van der Waals surface area contributed by atoms with Gasteiger partial charge < -0.3 is 15.5 Å². The Morgan fingerprint density at radius 2 is 2.24 bits per heavy atom. The molecule has 2 rings (SSSR count). The van der Waals surface area contributed by atoms with Crippen LogP contribution in [0, 0.1) is 5.82 Å². The zero-order valence-corrected chi connectivity index (χ0v) is 12.9. The summed E-state index contributed by atoms with van der Waals surface area (Å²) >= 11 is 0. The number of carbonyl (C=O) groups is 1. The van der Waals surface area contributed by atoms with Crippen molar-refractivity contribution in [2.24, 2.45) is 0 Å². The maximum Gasteiger partial charge on any atom is 0.242 e. The van der Waals surface area contributed by atoms with Crippen LogP contribution in [-0.4, -0.2) is 31.6 Å². The number of likely N-dealkylation sites (N-methyl/N-ethyl adjacent to an activating group) is 1. The monoisotopic (exact) mass is 293 g/mol. The Kier molecular flexibility index (Phi) is 5.17. The number of rotatable bonds is 5. The largest absolute Gasteiger partial charge is 0.359 e. The van der Waals surface area contributed by atoms with Gasteiger partial charge in [0.15, 0.2) is 0 Å². The first kappa shape index (κ1) is 15.8. The van der Waals surface area contributed by atoms with Crippen molar-refractivity contribution < 1.29 is 9.18 Å². The Labute approximate surface area is 125 Å². The van der Waals surface area contributed by atoms with Crippen LogP contribution < -0.4 is 15.5 Å². The highest BCUT2D eigenvalue weighted by Crippen LogP contribution is 2.29. The number of benzene rings is 1. The van der Waals surface area contributed by atoms with Crippen molar-refractivity contribution >= 4 is 11.6 Å². The van der Waals surface area contributed by atoms with E-state index in [-0.39, 0.29) is 17.8 Å². The lowest BCUT2D eigenvalue weighted by Gasteiger charge is -2.28. The third-order valence-electron chi connectivity index (χ3n) is 3.85. The van der Waals surface area contributed by atoms with Crippen molar-refractivity contribution in [2.45, 2.75) is 45.3 Å². The molecular formula is C16H24FN3O. The first-order chi connectivity index (χ1) is 10.0. The maximum absolute atomic E-state index is 13.6. The lowest BCUT2D eigenvalue weighted by Crippen LogP contribution is -2.42. The second kappa shape index (κ2) is 6.89. The summed E-state index contributed by atoms with van der Waals surface area (Å²) in [4.78, 5) is 14.1. The minimum absolute atomic E-state index is 0.0274. The predicted octanol–water partition coefficient (Wildman–Crippen LogP) is 2.04. The summed E-state index contributed by atoms with van der Waals surface area (Å²) < 4.78 is 13.6. The lowest BCUT2D eigenvalue weighted by molar-refractivity contribution is -0.121. The van der Waals surface area contributed by atoms with E-state index in [9.17, 15) is 9.18 Å². The van der Waals surface area contributed by atoms with E-state index in [1.54, 1.807) is 19.2 Å². The van der Waals surface area contributed by atoms with Crippen LogP contribution in [0.15, 0.2) is 18.2 Å². The Hall–Kier alpha value is -1.62. The number of nitrogens with zero attached hydrogens (tertiary/aromatic N) is 1. The highest BCUT2D eigenvalue weighted by molar-refractivity contribution is 5.86. The van der Waals surface area contributed by atoms with Crippen molar-refractivity contribution in [3.05, 3.63) is 29.6 Å². The molecule has 1 aromatic rings. The van der Waals surface area contributed by atoms with E-state index in [2.05, 4.69) is 29.4 Å². The van der Waals surface area contributed by atoms with Gasteiger partial charge in [-0.1, -0.05) is 13.8 Å². The number of hydrogen-bond donors (Lipinski definition) is 2. The first-order valence-corrected chi connectivity index (χ1v) is 7.53. The molecule has 1 unspecified atom stereocenters. The summed E-state index contributed by atoms with van der Waals surface area (Å²) in [6.07, 6.45) is 1.82. The van der Waals surface area contributed by atoms with Crippen molar-refractivity contribution in [1.82, 2.24) is 10.6 Å². The number of carbonyl (C=O) groups excluding carboxylic acids is 1. The molecule has 1 aliphatic rings. The van der Waals surface area contributed by atoms with E-state index in [1.165, 1.54) is 6.07 Å². The second-order valence-corrected chi connectivity index (χ2v) is 5.77. The molecular weight excluding hydrogens is 269 g/mol. The summed E-state index contributed by atoms with van der Waals surface area (Å²) in [7, 11) is 1.66. The molecule has 116 valence electrons. The van der Waals surface area contributed by atoms with Crippen LogP contribution in [0.4, 0.5) is 10.1 Å². The molecule has 0 spiro atoms. The molecule has 1 aromatic carbocycles. The quantitative estimate of drug-likeness (QED) is 0.873. The second-order valence-electron chi connectivity index (χ2n) is 5.77. The topological polar surface area (TPSA) is 44.4 Å². The van der Waals surface area contributed by atoms with Gasteiger partial charge in [0.2, 0.25) is 5.91 Å². The fourth-order valence-electron chi connectivity index (χ4n) is 2.78. The van der Waals surface area contributed by atoms with Gasteiger partial charge in [0.25, 0.3) is 0 Å². The molecule has 1 fully saturated rings. The highest BCUT2D eigenvalue weighted by atomic mass is 19.1. The fraction of sp³-hybridized carbons (Fsp3) is 0.562. The third-order valence-corrected chi connectivity index (χ3v) is 3.85. The highest BCUT2D eigenvalue weighted by Gasteiger charge is 2.31. The van der Waals surface area contributed by atoms with Gasteiger partial charge in [0.1, 0.15) is 11.9 Å². The van der Waals surface area contributed by atoms with Gasteiger partial charge in [0.05, 0.1) is 0 Å². The first-order valence-electron chi connectivity index (χ1n) is 7.53. The van der Waals surface area contributed by atoms with Crippen LogP contribution in [0.3, 0.4) is 0 Å². The number of amides is 1. The van der Waals surface area contributed by atoms with Gasteiger partial charge in [0, 0.05) is 31.9 Å². The van der Waals surface area contributed by atoms with Crippen LogP contribution in [0.1, 0.15) is 32.3 Å². The normalized spacial score (nSPS) is 18.3. The molecule has 0 saturated carbocycles. The van der Waals surface area contributed by atoms with E-state index in [0.29, 0.717) is 12.6 Å². The van der Waals surface area contributed by atoms with E-state index >= 15 is 0 Å². The molecule has 1 aliphatic heterocycles. The SMILES string of the molecule is CNC(=O)C1CCCN1c1ccc(F)cc1CNC(C)C. The number of hydrogen-bond acceptors (Lipinski definition) is 3. The molecule has 1 heterocycles. The summed E-state index contributed by atoms with van der Waals surface area (Å²) in [5.74, 6) is -0.213. The number of halogens is 1. The van der Waals surface area contributed by atoms with E-state index in [4.69, 9.17) is 0 Å². The van der Waals surface area contributed by atoms with Gasteiger partial charge in [-0.15, -0.1) is 0 Å². The molecule has 4 nitrogen and oxygen atoms in total. The third kappa shape index (κ3) is 3.73. The van der Waals surface area contributed by atoms with Gasteiger partial charge in [-0.2, -0.15) is 0 Å². The number of anilines is 1. The van der Waals surface area contributed by atoms with E-state index in [0.717, 1.165) is 30.6 Å². The standard InChI is InChI=1S/C16H24FN3O/c1-11(2)19-10-12-9-13(17)6-7-14(12)20-8-4-5-15(20)16(21)18-3/h6-7,9,11,15,19H,4-5,8,10H2,1-3H3,(H,18,21). The van der Waals surface area contributed by atoms with Crippen LogP contribution >= 0.6 is 0 Å². The molecule has 0 aromatic heterocycles. The average molecular weight is 293 g/mol. The Morgan fingerprint density at radius 1 is 1.48 bits per heavy atom. The summed E-state index contributed by atoms with van der Waals surface area (Å²) in [5, 5.41) is 6.03. The van der Waals surface area contributed by atoms with Crippen LogP contribution in [-0.2, 0) is 11.3 Å². The van der Waals surface area contributed by atoms with Crippen molar-refractivity contribution in [3.63, 3.8) is 0 Å². The zero-order valence-electron chi connectivity index (χ0n) is 12.9. The predicted molar refractivity (Wildman–Crippen MR) is 82.8 cm³/mol. The fourth-order valence-corrected chi connectivity index (χ4v) is 2.78. The minimum Gasteiger partial charge on any atom is -0.359 e. The molecule has 1 atom stereocenters. The van der Waals surface area contributed by atoms with E-state index in [1.807, 2.05) is 0 Å². The van der Waals surface area contributed by atoms with Crippen molar-refractivity contribution in [3.8, 4) is 0 Å². The van der Waals surface area contributed by atoms with Crippen LogP contribution in [0.25, 0.3) is 0 Å². The average Bonchev–Trinajstić information content (AvgIpc) is 2.93. The molecule has 21 heavy (non-hydrogen) atoms. The Bertz CT molecular complexity index is 504. The van der Waals surface area contributed by atoms with Crippen LogP contribution in [0.5, 0.6) is 0 Å². The molecule has 0 radical (unpaired) electrons. The lowest BCUT2D eigenvalue weighted by atomic mass is 10.1.